The van der Waals surface area contributed by atoms with Gasteiger partial charge in [-0.2, -0.15) is 0 Å². The number of aryl methyl sites for hydroxylation is 1. The topological polar surface area (TPSA) is 67.4 Å². The molecule has 0 radical (unpaired) electrons. The molecule has 0 unspecified atom stereocenters. The molecular weight excluding hydrogens is 340 g/mol. The number of hydrogen-bond donors (Lipinski definition) is 2. The number of para-hydroxylation sites is 1. The van der Waals surface area contributed by atoms with Crippen molar-refractivity contribution in [2.24, 2.45) is 5.92 Å². The number of nitrogens with one attached hydrogen (secondary N) is 2. The van der Waals surface area contributed by atoms with E-state index in [0.717, 1.165) is 35.3 Å². The lowest BCUT2D eigenvalue weighted by molar-refractivity contribution is -0.118. The number of rotatable bonds is 7. The van der Waals surface area contributed by atoms with Gasteiger partial charge in [-0.3, -0.25) is 9.59 Å². The van der Waals surface area contributed by atoms with Gasteiger partial charge in [-0.05, 0) is 61.1 Å². The summed E-state index contributed by atoms with van der Waals surface area (Å²) in [6, 6.07) is 13.1. The van der Waals surface area contributed by atoms with E-state index in [0.29, 0.717) is 11.7 Å². The van der Waals surface area contributed by atoms with Gasteiger partial charge in [0.1, 0.15) is 5.75 Å². The molecule has 1 aliphatic carbocycles. The molecule has 0 bridgehead atoms. The van der Waals surface area contributed by atoms with E-state index in [1.165, 1.54) is 0 Å². The van der Waals surface area contributed by atoms with Crippen LogP contribution in [0.5, 0.6) is 5.75 Å². The highest BCUT2D eigenvalue weighted by atomic mass is 16.5. The molecule has 0 atom stereocenters. The molecule has 2 aromatic carbocycles. The third kappa shape index (κ3) is 5.09. The van der Waals surface area contributed by atoms with E-state index in [1.54, 1.807) is 24.3 Å². The molecule has 0 aliphatic heterocycles. The van der Waals surface area contributed by atoms with Crippen LogP contribution in [-0.2, 0) is 9.59 Å². The van der Waals surface area contributed by atoms with Crippen LogP contribution in [-0.4, -0.2) is 18.4 Å². The van der Waals surface area contributed by atoms with Gasteiger partial charge in [-0.25, -0.2) is 0 Å². The summed E-state index contributed by atoms with van der Waals surface area (Å²) in [5.74, 6) is 0.948. The zero-order valence-corrected chi connectivity index (χ0v) is 16.0. The van der Waals surface area contributed by atoms with Crippen LogP contribution < -0.4 is 15.4 Å². The molecule has 2 amide bonds. The highest BCUT2D eigenvalue weighted by molar-refractivity contribution is 5.94. The number of carbonyl (C=O) groups excluding carboxylic acids is 2. The van der Waals surface area contributed by atoms with E-state index in [2.05, 4.69) is 24.5 Å². The summed E-state index contributed by atoms with van der Waals surface area (Å²) >= 11 is 0. The molecule has 2 aromatic rings. The molecule has 1 saturated carbocycles. The Balaban J connectivity index is 1.54. The Bertz CT molecular complexity index is 824. The number of carbonyl (C=O) groups is 2. The largest absolute Gasteiger partial charge is 0.484 e. The van der Waals surface area contributed by atoms with Gasteiger partial charge in [0.2, 0.25) is 5.91 Å². The fourth-order valence-corrected chi connectivity index (χ4v) is 2.89. The first-order valence-electron chi connectivity index (χ1n) is 9.37. The first-order valence-corrected chi connectivity index (χ1v) is 9.37. The van der Waals surface area contributed by atoms with E-state index in [1.807, 2.05) is 25.1 Å². The van der Waals surface area contributed by atoms with Gasteiger partial charge in [0.05, 0.1) is 0 Å². The van der Waals surface area contributed by atoms with Crippen LogP contribution in [0.2, 0.25) is 0 Å². The van der Waals surface area contributed by atoms with Crippen molar-refractivity contribution in [2.75, 3.05) is 17.2 Å². The maximum Gasteiger partial charge on any atom is 0.262 e. The summed E-state index contributed by atoms with van der Waals surface area (Å²) in [4.78, 5) is 24.1. The first kappa shape index (κ1) is 19.0. The Morgan fingerprint density at radius 2 is 1.78 bits per heavy atom. The second kappa shape index (κ2) is 8.25. The second-order valence-corrected chi connectivity index (χ2v) is 7.32. The van der Waals surface area contributed by atoms with Crippen molar-refractivity contribution < 1.29 is 14.3 Å². The number of benzene rings is 2. The van der Waals surface area contributed by atoms with Crippen LogP contribution >= 0.6 is 0 Å². The maximum atomic E-state index is 12.3. The summed E-state index contributed by atoms with van der Waals surface area (Å²) in [6.45, 7) is 6.12. The van der Waals surface area contributed by atoms with Gasteiger partial charge in [0, 0.05) is 17.3 Å². The summed E-state index contributed by atoms with van der Waals surface area (Å²) in [7, 11) is 0. The minimum atomic E-state index is -0.197. The Hall–Kier alpha value is -2.82. The molecule has 0 spiro atoms. The van der Waals surface area contributed by atoms with Gasteiger partial charge < -0.3 is 15.4 Å². The summed E-state index contributed by atoms with van der Waals surface area (Å²) in [5.41, 5.74) is 3.74. The second-order valence-electron chi connectivity index (χ2n) is 7.32. The van der Waals surface area contributed by atoms with Gasteiger partial charge in [-0.15, -0.1) is 0 Å². The van der Waals surface area contributed by atoms with Gasteiger partial charge in [-0.1, -0.05) is 32.0 Å². The van der Waals surface area contributed by atoms with E-state index in [4.69, 9.17) is 4.74 Å². The molecule has 0 saturated heterocycles. The van der Waals surface area contributed by atoms with E-state index in [-0.39, 0.29) is 24.3 Å². The molecule has 0 heterocycles. The fourth-order valence-electron chi connectivity index (χ4n) is 2.89. The first-order chi connectivity index (χ1) is 12.9. The SMILES string of the molecule is Cc1cccc(C(C)C)c1NC(=O)COc1ccc(NC(=O)C2CC2)cc1. The third-order valence-electron chi connectivity index (χ3n) is 4.63. The predicted molar refractivity (Wildman–Crippen MR) is 107 cm³/mol. The van der Waals surface area contributed by atoms with Crippen LogP contribution in [0, 0.1) is 12.8 Å². The lowest BCUT2D eigenvalue weighted by atomic mass is 9.98. The smallest absolute Gasteiger partial charge is 0.262 e. The zero-order valence-electron chi connectivity index (χ0n) is 16.0. The van der Waals surface area contributed by atoms with E-state index >= 15 is 0 Å². The van der Waals surface area contributed by atoms with Crippen LogP contribution in [0.25, 0.3) is 0 Å². The zero-order chi connectivity index (χ0) is 19.4. The molecule has 5 heteroatoms. The monoisotopic (exact) mass is 366 g/mol. The van der Waals surface area contributed by atoms with Crippen molar-refractivity contribution in [3.05, 3.63) is 53.6 Å². The Morgan fingerprint density at radius 1 is 1.07 bits per heavy atom. The Kier molecular flexibility index (Phi) is 5.79. The molecule has 3 rings (SSSR count). The van der Waals surface area contributed by atoms with Crippen LogP contribution in [0.1, 0.15) is 43.7 Å². The minimum absolute atomic E-state index is 0.0698. The van der Waals surface area contributed by atoms with Crippen molar-refractivity contribution >= 4 is 23.2 Å². The third-order valence-corrected chi connectivity index (χ3v) is 4.63. The van der Waals surface area contributed by atoms with Gasteiger partial charge in [0.25, 0.3) is 5.91 Å². The molecule has 142 valence electrons. The standard InChI is InChI=1S/C22H26N2O3/c1-14(2)19-6-4-5-15(3)21(19)24-20(25)13-27-18-11-9-17(10-12-18)23-22(26)16-7-8-16/h4-6,9-12,14,16H,7-8,13H2,1-3H3,(H,23,26)(H,24,25). The van der Waals surface area contributed by atoms with E-state index in [9.17, 15) is 9.59 Å². The fraction of sp³-hybridized carbons (Fsp3) is 0.364. The predicted octanol–water partition coefficient (Wildman–Crippen LogP) is 4.48. The molecule has 27 heavy (non-hydrogen) atoms. The molecule has 2 N–H and O–H groups in total. The lowest BCUT2D eigenvalue weighted by Gasteiger charge is -2.16. The van der Waals surface area contributed by atoms with Gasteiger partial charge >= 0.3 is 0 Å². The molecule has 5 nitrogen and oxygen atoms in total. The van der Waals surface area contributed by atoms with Crippen LogP contribution in [0.15, 0.2) is 42.5 Å². The number of ether oxygens (including phenoxy) is 1. The Morgan fingerprint density at radius 3 is 2.41 bits per heavy atom. The highest BCUT2D eigenvalue weighted by Crippen LogP contribution is 2.30. The molecule has 1 fully saturated rings. The van der Waals surface area contributed by atoms with Crippen molar-refractivity contribution in [2.45, 2.75) is 39.5 Å². The lowest BCUT2D eigenvalue weighted by Crippen LogP contribution is -2.21. The maximum absolute atomic E-state index is 12.3. The quantitative estimate of drug-likeness (QED) is 0.759. The normalized spacial score (nSPS) is 13.3. The van der Waals surface area contributed by atoms with E-state index < -0.39 is 0 Å². The molecule has 1 aliphatic rings. The van der Waals surface area contributed by atoms with Crippen LogP contribution in [0.4, 0.5) is 11.4 Å². The summed E-state index contributed by atoms with van der Waals surface area (Å²) < 4.78 is 5.58. The van der Waals surface area contributed by atoms with Gasteiger partial charge in [0.15, 0.2) is 6.61 Å². The molecular formula is C22H26N2O3. The number of anilines is 2. The summed E-state index contributed by atoms with van der Waals surface area (Å²) in [6.07, 6.45) is 1.95. The number of hydrogen-bond acceptors (Lipinski definition) is 3. The van der Waals surface area contributed by atoms with Crippen molar-refractivity contribution in [1.29, 1.82) is 0 Å². The molecule has 0 aromatic heterocycles. The van der Waals surface area contributed by atoms with Crippen molar-refractivity contribution in [1.82, 2.24) is 0 Å². The average molecular weight is 366 g/mol. The van der Waals surface area contributed by atoms with Crippen LogP contribution in [0.3, 0.4) is 0 Å². The summed E-state index contributed by atoms with van der Waals surface area (Å²) in [5, 5.41) is 5.84. The highest BCUT2D eigenvalue weighted by Gasteiger charge is 2.29. The average Bonchev–Trinajstić information content (AvgIpc) is 3.48. The van der Waals surface area contributed by atoms with Crippen molar-refractivity contribution in [3.8, 4) is 5.75 Å². The number of amides is 2. The Labute approximate surface area is 160 Å². The van der Waals surface area contributed by atoms with Crippen molar-refractivity contribution in [3.63, 3.8) is 0 Å². The minimum Gasteiger partial charge on any atom is -0.484 e.